The highest BCUT2D eigenvalue weighted by Gasteiger charge is 2.29. The summed E-state index contributed by atoms with van der Waals surface area (Å²) >= 11 is 0. The summed E-state index contributed by atoms with van der Waals surface area (Å²) in [6.07, 6.45) is 0.417. The number of carbonyl (C=O) groups is 1. The van der Waals surface area contributed by atoms with Crippen molar-refractivity contribution in [3.05, 3.63) is 29.6 Å². The first kappa shape index (κ1) is 13.5. The maximum absolute atomic E-state index is 13.5. The first-order valence-corrected chi connectivity index (χ1v) is 5.31. The van der Waals surface area contributed by atoms with Gasteiger partial charge in [-0.3, -0.25) is 4.79 Å². The molecule has 1 aromatic carbocycles. The molecule has 0 aliphatic carbocycles. The Kier molecular flexibility index (Phi) is 4.10. The standard InChI is InChI=1S/C13H17FO3/c1-13(2,12(15)17-4)8-9-5-6-11(16-3)10(14)7-9/h5-7H,8H2,1-4H3. The fourth-order valence-corrected chi connectivity index (χ4v) is 1.68. The van der Waals surface area contributed by atoms with Gasteiger partial charge >= 0.3 is 5.97 Å². The van der Waals surface area contributed by atoms with Gasteiger partial charge in [0, 0.05) is 0 Å². The van der Waals surface area contributed by atoms with Gasteiger partial charge in [-0.1, -0.05) is 6.07 Å². The molecular formula is C13H17FO3. The van der Waals surface area contributed by atoms with Gasteiger partial charge in [-0.25, -0.2) is 4.39 Å². The highest BCUT2D eigenvalue weighted by molar-refractivity contribution is 5.76. The number of methoxy groups -OCH3 is 2. The summed E-state index contributed by atoms with van der Waals surface area (Å²) < 4.78 is 23.0. The molecule has 0 radical (unpaired) electrons. The van der Waals surface area contributed by atoms with Crippen LogP contribution in [0.25, 0.3) is 0 Å². The molecule has 0 fully saturated rings. The van der Waals surface area contributed by atoms with E-state index in [1.165, 1.54) is 20.3 Å². The molecule has 0 unspecified atom stereocenters. The van der Waals surface area contributed by atoms with E-state index in [1.807, 2.05) is 0 Å². The maximum Gasteiger partial charge on any atom is 0.311 e. The van der Waals surface area contributed by atoms with Crippen LogP contribution >= 0.6 is 0 Å². The second-order valence-electron chi connectivity index (χ2n) is 4.52. The normalized spacial score (nSPS) is 11.1. The molecule has 0 heterocycles. The van der Waals surface area contributed by atoms with E-state index >= 15 is 0 Å². The predicted molar refractivity (Wildman–Crippen MR) is 62.5 cm³/mol. The van der Waals surface area contributed by atoms with Crippen molar-refractivity contribution in [1.82, 2.24) is 0 Å². The summed E-state index contributed by atoms with van der Waals surface area (Å²) in [7, 11) is 2.76. The van der Waals surface area contributed by atoms with Crippen molar-refractivity contribution < 1.29 is 18.7 Å². The first-order valence-electron chi connectivity index (χ1n) is 5.31. The van der Waals surface area contributed by atoms with Gasteiger partial charge in [-0.05, 0) is 38.0 Å². The van der Waals surface area contributed by atoms with Crippen molar-refractivity contribution in [2.24, 2.45) is 5.41 Å². The van der Waals surface area contributed by atoms with E-state index in [2.05, 4.69) is 0 Å². The van der Waals surface area contributed by atoms with E-state index in [-0.39, 0.29) is 11.7 Å². The molecule has 0 aromatic heterocycles. The van der Waals surface area contributed by atoms with Crippen LogP contribution in [0.2, 0.25) is 0 Å². The Hall–Kier alpha value is -1.58. The van der Waals surface area contributed by atoms with Gasteiger partial charge in [0.1, 0.15) is 0 Å². The Labute approximate surface area is 101 Å². The van der Waals surface area contributed by atoms with Crippen LogP contribution in [0.5, 0.6) is 5.75 Å². The van der Waals surface area contributed by atoms with E-state index < -0.39 is 11.2 Å². The van der Waals surface area contributed by atoms with Crippen molar-refractivity contribution >= 4 is 5.97 Å². The summed E-state index contributed by atoms with van der Waals surface area (Å²) in [4.78, 5) is 11.5. The molecule has 0 aliphatic rings. The van der Waals surface area contributed by atoms with Crippen molar-refractivity contribution in [3.63, 3.8) is 0 Å². The number of rotatable bonds is 4. The second kappa shape index (κ2) is 5.17. The monoisotopic (exact) mass is 240 g/mol. The van der Waals surface area contributed by atoms with Crippen molar-refractivity contribution in [2.45, 2.75) is 20.3 Å². The molecule has 0 bridgehead atoms. The molecular weight excluding hydrogens is 223 g/mol. The molecule has 0 amide bonds. The van der Waals surface area contributed by atoms with Gasteiger partial charge in [0.05, 0.1) is 19.6 Å². The fraction of sp³-hybridized carbons (Fsp3) is 0.462. The van der Waals surface area contributed by atoms with Gasteiger partial charge in [0.25, 0.3) is 0 Å². The summed E-state index contributed by atoms with van der Waals surface area (Å²) in [5.41, 5.74) is 0.0641. The smallest absolute Gasteiger partial charge is 0.311 e. The SMILES string of the molecule is COC(=O)C(C)(C)Cc1ccc(OC)c(F)c1. The molecule has 0 atom stereocenters. The van der Waals surface area contributed by atoms with Crippen LogP contribution in [0.1, 0.15) is 19.4 Å². The Bertz CT molecular complexity index is 413. The second-order valence-corrected chi connectivity index (χ2v) is 4.52. The van der Waals surface area contributed by atoms with Crippen molar-refractivity contribution in [3.8, 4) is 5.75 Å². The molecule has 1 aromatic rings. The zero-order chi connectivity index (χ0) is 13.1. The molecule has 3 nitrogen and oxygen atoms in total. The molecule has 0 saturated carbocycles. The Morgan fingerprint density at radius 2 is 2.00 bits per heavy atom. The maximum atomic E-state index is 13.5. The number of ether oxygens (including phenoxy) is 2. The third kappa shape index (κ3) is 3.19. The third-order valence-electron chi connectivity index (χ3n) is 2.60. The Morgan fingerprint density at radius 3 is 2.47 bits per heavy atom. The number of benzene rings is 1. The highest BCUT2D eigenvalue weighted by atomic mass is 19.1. The van der Waals surface area contributed by atoms with Gasteiger partial charge in [-0.15, -0.1) is 0 Å². The molecule has 94 valence electrons. The summed E-state index contributed by atoms with van der Waals surface area (Å²) in [5, 5.41) is 0. The topological polar surface area (TPSA) is 35.5 Å². The van der Waals surface area contributed by atoms with Gasteiger partial charge in [0.15, 0.2) is 11.6 Å². The fourth-order valence-electron chi connectivity index (χ4n) is 1.68. The molecule has 0 spiro atoms. The average molecular weight is 240 g/mol. The minimum atomic E-state index is -0.671. The number of halogens is 1. The van der Waals surface area contributed by atoms with Crippen molar-refractivity contribution in [1.29, 1.82) is 0 Å². The van der Waals surface area contributed by atoms with Gasteiger partial charge < -0.3 is 9.47 Å². The lowest BCUT2D eigenvalue weighted by molar-refractivity contribution is -0.150. The first-order chi connectivity index (χ1) is 7.90. The molecule has 1 rings (SSSR count). The van der Waals surface area contributed by atoms with Crippen LogP contribution < -0.4 is 4.74 Å². The molecule has 0 saturated heterocycles. The zero-order valence-electron chi connectivity index (χ0n) is 10.5. The van der Waals surface area contributed by atoms with Crippen LogP contribution in [0.4, 0.5) is 4.39 Å². The van der Waals surface area contributed by atoms with Crippen LogP contribution in [-0.4, -0.2) is 20.2 Å². The molecule has 0 aliphatic heterocycles. The molecule has 4 heteroatoms. The lowest BCUT2D eigenvalue weighted by Crippen LogP contribution is -2.28. The van der Waals surface area contributed by atoms with Crippen LogP contribution in [0.3, 0.4) is 0 Å². The number of esters is 1. The largest absolute Gasteiger partial charge is 0.494 e. The minimum Gasteiger partial charge on any atom is -0.494 e. The molecule has 17 heavy (non-hydrogen) atoms. The lowest BCUT2D eigenvalue weighted by Gasteiger charge is -2.21. The van der Waals surface area contributed by atoms with E-state index in [0.29, 0.717) is 6.42 Å². The number of hydrogen-bond acceptors (Lipinski definition) is 3. The summed E-state index contributed by atoms with van der Waals surface area (Å²) in [5.74, 6) is -0.538. The minimum absolute atomic E-state index is 0.199. The lowest BCUT2D eigenvalue weighted by atomic mass is 9.86. The van der Waals surface area contributed by atoms with Crippen molar-refractivity contribution in [2.75, 3.05) is 14.2 Å². The van der Waals surface area contributed by atoms with Crippen LogP contribution in [0, 0.1) is 11.2 Å². The zero-order valence-corrected chi connectivity index (χ0v) is 10.5. The van der Waals surface area contributed by atoms with Crippen LogP contribution in [-0.2, 0) is 16.0 Å². The quantitative estimate of drug-likeness (QED) is 0.759. The number of carbonyl (C=O) groups excluding carboxylic acids is 1. The van der Waals surface area contributed by atoms with E-state index in [1.54, 1.807) is 26.0 Å². The predicted octanol–water partition coefficient (Wildman–Crippen LogP) is 2.58. The Balaban J connectivity index is 2.89. The van der Waals surface area contributed by atoms with E-state index in [0.717, 1.165) is 5.56 Å². The van der Waals surface area contributed by atoms with E-state index in [9.17, 15) is 9.18 Å². The average Bonchev–Trinajstić information content (AvgIpc) is 2.27. The number of hydrogen-bond donors (Lipinski definition) is 0. The Morgan fingerprint density at radius 1 is 1.35 bits per heavy atom. The molecule has 0 N–H and O–H groups in total. The highest BCUT2D eigenvalue weighted by Crippen LogP contribution is 2.26. The van der Waals surface area contributed by atoms with Crippen LogP contribution in [0.15, 0.2) is 18.2 Å². The van der Waals surface area contributed by atoms with Gasteiger partial charge in [-0.2, -0.15) is 0 Å². The van der Waals surface area contributed by atoms with E-state index in [4.69, 9.17) is 9.47 Å². The third-order valence-corrected chi connectivity index (χ3v) is 2.60. The summed E-state index contributed by atoms with van der Waals surface area (Å²) in [6, 6.07) is 4.67. The summed E-state index contributed by atoms with van der Waals surface area (Å²) in [6.45, 7) is 3.53. The van der Waals surface area contributed by atoms with Gasteiger partial charge in [0.2, 0.25) is 0 Å².